The van der Waals surface area contributed by atoms with Crippen molar-refractivity contribution in [2.45, 2.75) is 63.6 Å². The van der Waals surface area contributed by atoms with Crippen molar-refractivity contribution >= 4 is 0 Å². The van der Waals surface area contributed by atoms with Crippen LogP contribution in [-0.4, -0.2) is 41.4 Å². The molecule has 0 bridgehead atoms. The summed E-state index contributed by atoms with van der Waals surface area (Å²) in [7, 11) is 6.01. The van der Waals surface area contributed by atoms with Gasteiger partial charge in [-0.1, -0.05) is 25.7 Å². The molecule has 0 amide bonds. The van der Waals surface area contributed by atoms with Gasteiger partial charge in [0.1, 0.15) is 0 Å². The summed E-state index contributed by atoms with van der Waals surface area (Å²) < 4.78 is 7.50. The second-order valence-electron chi connectivity index (χ2n) is 6.30. The van der Waals surface area contributed by atoms with Crippen LogP contribution >= 0.6 is 0 Å². The molecule has 1 saturated carbocycles. The number of likely N-dealkylation sites (N-methyl/N-ethyl adjacent to an activating group) is 1. The predicted molar refractivity (Wildman–Crippen MR) is 85.5 cm³/mol. The average molecular weight is 294 g/mol. The second kappa shape index (κ2) is 6.79. The Hall–Kier alpha value is -1.07. The minimum absolute atomic E-state index is 0.00324. The van der Waals surface area contributed by atoms with E-state index in [9.17, 15) is 0 Å². The van der Waals surface area contributed by atoms with E-state index in [2.05, 4.69) is 31.0 Å². The third-order valence-corrected chi connectivity index (χ3v) is 5.10. The Bertz CT molecular complexity index is 426. The third-order valence-electron chi connectivity index (χ3n) is 5.10. The predicted octanol–water partition coefficient (Wildman–Crippen LogP) is 2.57. The maximum Gasteiger partial charge on any atom is 0.161 e. The minimum atomic E-state index is -0.0806. The standard InChI is InChI=1S/C16H30N4O/c1-5-20-14(13(21-4)12-18-20)15(17)16(19(2)3)10-8-6-7-9-11-16/h12,15H,5-11,17H2,1-4H3. The van der Waals surface area contributed by atoms with E-state index in [-0.39, 0.29) is 11.6 Å². The average Bonchev–Trinajstić information content (AvgIpc) is 2.73. The smallest absolute Gasteiger partial charge is 0.161 e. The maximum absolute atomic E-state index is 6.79. The number of rotatable bonds is 5. The van der Waals surface area contributed by atoms with Crippen molar-refractivity contribution in [1.29, 1.82) is 0 Å². The van der Waals surface area contributed by atoms with Crippen LogP contribution in [0.4, 0.5) is 0 Å². The summed E-state index contributed by atoms with van der Waals surface area (Å²) in [6, 6.07) is -0.0806. The first-order valence-corrected chi connectivity index (χ1v) is 8.09. The fraction of sp³-hybridized carbons (Fsp3) is 0.812. The van der Waals surface area contributed by atoms with Crippen molar-refractivity contribution in [3.8, 4) is 5.75 Å². The molecule has 1 aliphatic carbocycles. The lowest BCUT2D eigenvalue weighted by atomic mass is 9.80. The maximum atomic E-state index is 6.79. The molecule has 5 heteroatoms. The molecule has 5 nitrogen and oxygen atoms in total. The number of ether oxygens (including phenoxy) is 1. The van der Waals surface area contributed by atoms with Gasteiger partial charge in [-0.3, -0.25) is 4.68 Å². The molecular formula is C16H30N4O. The first kappa shape index (κ1) is 16.3. The number of hydrogen-bond acceptors (Lipinski definition) is 4. The first-order valence-electron chi connectivity index (χ1n) is 8.09. The lowest BCUT2D eigenvalue weighted by Gasteiger charge is -2.44. The number of aryl methyl sites for hydroxylation is 1. The van der Waals surface area contributed by atoms with E-state index in [1.165, 1.54) is 25.7 Å². The summed E-state index contributed by atoms with van der Waals surface area (Å²) in [4.78, 5) is 2.33. The van der Waals surface area contributed by atoms with Crippen LogP contribution in [-0.2, 0) is 6.54 Å². The van der Waals surface area contributed by atoms with Gasteiger partial charge in [-0.05, 0) is 33.9 Å². The normalized spacial score (nSPS) is 20.3. The molecule has 0 saturated heterocycles. The molecule has 1 aromatic rings. The van der Waals surface area contributed by atoms with Crippen molar-refractivity contribution in [1.82, 2.24) is 14.7 Å². The fourth-order valence-electron chi connectivity index (χ4n) is 3.73. The Morgan fingerprint density at radius 2 is 1.95 bits per heavy atom. The van der Waals surface area contributed by atoms with E-state index in [0.717, 1.165) is 30.8 Å². The highest BCUT2D eigenvalue weighted by atomic mass is 16.5. The van der Waals surface area contributed by atoms with E-state index in [1.54, 1.807) is 13.3 Å². The number of methoxy groups -OCH3 is 1. The van der Waals surface area contributed by atoms with Crippen LogP contribution in [0.1, 0.15) is 57.2 Å². The molecule has 0 aromatic carbocycles. The molecule has 1 aromatic heterocycles. The number of hydrogen-bond donors (Lipinski definition) is 1. The monoisotopic (exact) mass is 294 g/mol. The number of nitrogens with two attached hydrogens (primary N) is 1. The summed E-state index contributed by atoms with van der Waals surface area (Å²) in [5, 5.41) is 4.43. The summed E-state index contributed by atoms with van der Waals surface area (Å²) >= 11 is 0. The van der Waals surface area contributed by atoms with Crippen LogP contribution in [0.3, 0.4) is 0 Å². The zero-order chi connectivity index (χ0) is 15.5. The van der Waals surface area contributed by atoms with Crippen molar-refractivity contribution in [3.63, 3.8) is 0 Å². The minimum Gasteiger partial charge on any atom is -0.493 e. The quantitative estimate of drug-likeness (QED) is 0.848. The SMILES string of the molecule is CCn1ncc(OC)c1C(N)C1(N(C)C)CCCCCC1. The molecule has 1 fully saturated rings. The highest BCUT2D eigenvalue weighted by Crippen LogP contribution is 2.42. The van der Waals surface area contributed by atoms with Gasteiger partial charge in [-0.15, -0.1) is 0 Å². The molecule has 1 heterocycles. The molecule has 1 atom stereocenters. The largest absolute Gasteiger partial charge is 0.493 e. The van der Waals surface area contributed by atoms with Crippen LogP contribution in [0.5, 0.6) is 5.75 Å². The summed E-state index contributed by atoms with van der Waals surface area (Å²) in [6.45, 7) is 2.91. The lowest BCUT2D eigenvalue weighted by Crippen LogP contribution is -2.52. The van der Waals surface area contributed by atoms with Crippen LogP contribution < -0.4 is 10.5 Å². The van der Waals surface area contributed by atoms with Gasteiger partial charge in [0.15, 0.2) is 5.75 Å². The molecule has 120 valence electrons. The zero-order valence-corrected chi connectivity index (χ0v) is 13.9. The van der Waals surface area contributed by atoms with Gasteiger partial charge < -0.3 is 15.4 Å². The van der Waals surface area contributed by atoms with Crippen LogP contribution in [0.25, 0.3) is 0 Å². The lowest BCUT2D eigenvalue weighted by molar-refractivity contribution is 0.0921. The fourth-order valence-corrected chi connectivity index (χ4v) is 3.73. The summed E-state index contributed by atoms with van der Waals surface area (Å²) in [5.74, 6) is 0.815. The summed E-state index contributed by atoms with van der Waals surface area (Å²) in [5.41, 5.74) is 7.82. The van der Waals surface area contributed by atoms with E-state index < -0.39 is 0 Å². The Labute approximate surface area is 128 Å². The molecule has 2 N–H and O–H groups in total. The Kier molecular flexibility index (Phi) is 5.27. The Morgan fingerprint density at radius 1 is 1.33 bits per heavy atom. The zero-order valence-electron chi connectivity index (χ0n) is 13.9. The van der Waals surface area contributed by atoms with Gasteiger partial charge in [0.25, 0.3) is 0 Å². The first-order chi connectivity index (χ1) is 10.1. The molecule has 0 aliphatic heterocycles. The van der Waals surface area contributed by atoms with Gasteiger partial charge in [0, 0.05) is 12.1 Å². The summed E-state index contributed by atoms with van der Waals surface area (Å²) in [6.07, 6.45) is 9.18. The molecule has 1 unspecified atom stereocenters. The van der Waals surface area contributed by atoms with Crippen molar-refractivity contribution in [2.75, 3.05) is 21.2 Å². The number of aromatic nitrogens is 2. The molecule has 21 heavy (non-hydrogen) atoms. The number of nitrogens with zero attached hydrogens (tertiary/aromatic N) is 3. The van der Waals surface area contributed by atoms with E-state index in [4.69, 9.17) is 10.5 Å². The third kappa shape index (κ3) is 2.94. The Balaban J connectivity index is 2.42. The molecule has 2 rings (SSSR count). The van der Waals surface area contributed by atoms with Gasteiger partial charge in [-0.25, -0.2) is 0 Å². The van der Waals surface area contributed by atoms with E-state index in [1.807, 2.05) is 4.68 Å². The van der Waals surface area contributed by atoms with Crippen LogP contribution in [0, 0.1) is 0 Å². The molecular weight excluding hydrogens is 264 g/mol. The van der Waals surface area contributed by atoms with Gasteiger partial charge in [0.2, 0.25) is 0 Å². The topological polar surface area (TPSA) is 56.3 Å². The van der Waals surface area contributed by atoms with Crippen molar-refractivity contribution in [2.24, 2.45) is 5.73 Å². The van der Waals surface area contributed by atoms with Gasteiger partial charge >= 0.3 is 0 Å². The van der Waals surface area contributed by atoms with Gasteiger partial charge in [0.05, 0.1) is 25.0 Å². The second-order valence-corrected chi connectivity index (χ2v) is 6.30. The molecule has 0 radical (unpaired) electrons. The Morgan fingerprint density at radius 3 is 2.43 bits per heavy atom. The van der Waals surface area contributed by atoms with Crippen LogP contribution in [0.15, 0.2) is 6.20 Å². The highest BCUT2D eigenvalue weighted by Gasteiger charge is 2.42. The van der Waals surface area contributed by atoms with Gasteiger partial charge in [-0.2, -0.15) is 5.10 Å². The van der Waals surface area contributed by atoms with Crippen LogP contribution in [0.2, 0.25) is 0 Å². The van der Waals surface area contributed by atoms with Crippen molar-refractivity contribution < 1.29 is 4.74 Å². The van der Waals surface area contributed by atoms with Crippen molar-refractivity contribution in [3.05, 3.63) is 11.9 Å². The van der Waals surface area contributed by atoms with E-state index in [0.29, 0.717) is 0 Å². The highest BCUT2D eigenvalue weighted by molar-refractivity contribution is 5.31. The van der Waals surface area contributed by atoms with E-state index >= 15 is 0 Å². The molecule has 0 spiro atoms. The molecule has 1 aliphatic rings.